The van der Waals surface area contributed by atoms with Gasteiger partial charge in [-0.15, -0.1) is 0 Å². The number of ether oxygens (including phenoxy) is 1. The quantitative estimate of drug-likeness (QED) is 0.256. The molecular weight excluding hydrogens is 356 g/mol. The molecule has 1 aromatic carbocycles. The van der Waals surface area contributed by atoms with Crippen molar-refractivity contribution in [3.63, 3.8) is 0 Å². The van der Waals surface area contributed by atoms with Gasteiger partial charge >= 0.3 is 0 Å². The molecule has 1 aromatic rings. The van der Waals surface area contributed by atoms with E-state index >= 15 is 0 Å². The molecule has 0 N–H and O–H groups in total. The Hall–Kier alpha value is -1.02. The molecule has 1 unspecified atom stereocenters. The molecule has 0 spiro atoms. The van der Waals surface area contributed by atoms with Gasteiger partial charge in [-0.3, -0.25) is 0 Å². The van der Waals surface area contributed by atoms with Crippen molar-refractivity contribution in [1.82, 2.24) is 0 Å². The lowest BCUT2D eigenvalue weighted by molar-refractivity contribution is 0.177. The van der Waals surface area contributed by atoms with Crippen LogP contribution in [0.2, 0.25) is 0 Å². The molecule has 2 heteroatoms. The first-order valence-electron chi connectivity index (χ1n) is 12.2. The minimum atomic E-state index is -0.160. The molecule has 0 saturated heterocycles. The third kappa shape index (κ3) is 13.8. The van der Waals surface area contributed by atoms with Crippen molar-refractivity contribution in [3.8, 4) is 5.75 Å². The van der Waals surface area contributed by atoms with E-state index in [0.29, 0.717) is 5.92 Å². The summed E-state index contributed by atoms with van der Waals surface area (Å²) in [6.07, 6.45) is 13.5. The number of hydrogen-bond acceptors (Lipinski definition) is 1. The molecule has 3 atom stereocenters. The van der Waals surface area contributed by atoms with E-state index < -0.39 is 0 Å². The van der Waals surface area contributed by atoms with E-state index in [1.165, 1.54) is 57.8 Å². The van der Waals surface area contributed by atoms with Crippen molar-refractivity contribution in [1.29, 1.82) is 0 Å². The van der Waals surface area contributed by atoms with Crippen LogP contribution in [0.4, 0.5) is 0 Å². The van der Waals surface area contributed by atoms with Crippen LogP contribution in [-0.4, -0.2) is 6.61 Å². The summed E-state index contributed by atoms with van der Waals surface area (Å²) >= 11 is 0. The van der Waals surface area contributed by atoms with Crippen molar-refractivity contribution in [3.05, 3.63) is 29.8 Å². The topological polar surface area (TPSA) is 29.1 Å². The molecule has 0 aliphatic carbocycles. The summed E-state index contributed by atoms with van der Waals surface area (Å²) in [5, 5.41) is 10.8. The van der Waals surface area contributed by atoms with Crippen molar-refractivity contribution in [2.75, 3.05) is 6.61 Å². The Morgan fingerprint density at radius 2 is 1.10 bits per heavy atom. The molecule has 0 bridgehead atoms. The van der Waals surface area contributed by atoms with Gasteiger partial charge in [0.05, 0.1) is 6.61 Å². The molecule has 29 heavy (non-hydrogen) atoms. The average Bonchev–Trinajstić information content (AvgIpc) is 2.68. The van der Waals surface area contributed by atoms with Crippen LogP contribution in [0.5, 0.6) is 5.75 Å². The highest BCUT2D eigenvalue weighted by Crippen LogP contribution is 2.23. The normalized spacial score (nSPS) is 14.7. The molecule has 0 fully saturated rings. The van der Waals surface area contributed by atoms with Crippen LogP contribution in [0, 0.1) is 23.7 Å². The highest BCUT2D eigenvalue weighted by atomic mass is 16.5. The standard InChI is InChI=1S/C27H47O2/c1-22(2)9-6-10-23(3)11-7-12-24(4)13-8-14-25(5)19-20-29-27-17-15-26(21-28)16-18-27/h15-18,22-25H,6-14,19-21H2,1-5H3/t23-,24-,25?/m1/s1. The SMILES string of the molecule is CC(C)CCC[C@@H](C)CCC[C@@H](C)CCCC(C)CCOc1ccc(C[O])cc1. The molecule has 0 amide bonds. The van der Waals surface area contributed by atoms with Gasteiger partial charge in [-0.1, -0.05) is 105 Å². The van der Waals surface area contributed by atoms with Crippen molar-refractivity contribution in [2.45, 2.75) is 105 Å². The third-order valence-electron chi connectivity index (χ3n) is 6.24. The van der Waals surface area contributed by atoms with Crippen LogP contribution in [0.25, 0.3) is 0 Å². The molecule has 0 aliphatic heterocycles. The van der Waals surface area contributed by atoms with Gasteiger partial charge in [-0.25, -0.2) is 5.11 Å². The maximum absolute atomic E-state index is 10.8. The molecule has 1 rings (SSSR count). The van der Waals surface area contributed by atoms with E-state index in [1.807, 2.05) is 24.3 Å². The fraction of sp³-hybridized carbons (Fsp3) is 0.778. The number of hydrogen-bond donors (Lipinski definition) is 0. The van der Waals surface area contributed by atoms with Gasteiger partial charge in [0.15, 0.2) is 0 Å². The second-order valence-electron chi connectivity index (χ2n) is 9.93. The zero-order valence-corrected chi connectivity index (χ0v) is 19.9. The second-order valence-corrected chi connectivity index (χ2v) is 9.93. The van der Waals surface area contributed by atoms with Crippen LogP contribution in [0.15, 0.2) is 24.3 Å². The number of benzene rings is 1. The summed E-state index contributed by atoms with van der Waals surface area (Å²) < 4.78 is 5.82. The van der Waals surface area contributed by atoms with E-state index in [9.17, 15) is 5.11 Å². The van der Waals surface area contributed by atoms with Crippen molar-refractivity contribution < 1.29 is 9.84 Å². The third-order valence-corrected chi connectivity index (χ3v) is 6.24. The predicted molar refractivity (Wildman–Crippen MR) is 125 cm³/mol. The monoisotopic (exact) mass is 403 g/mol. The largest absolute Gasteiger partial charge is 0.494 e. The lowest BCUT2D eigenvalue weighted by atomic mass is 9.91. The Labute approximate surface area is 181 Å². The minimum absolute atomic E-state index is 0.160. The molecule has 0 saturated carbocycles. The summed E-state index contributed by atoms with van der Waals surface area (Å²) in [5.41, 5.74) is 0.820. The van der Waals surface area contributed by atoms with Gasteiger partial charge in [0, 0.05) is 0 Å². The zero-order valence-electron chi connectivity index (χ0n) is 19.9. The fourth-order valence-corrected chi connectivity index (χ4v) is 4.00. The summed E-state index contributed by atoms with van der Waals surface area (Å²) in [4.78, 5) is 0. The molecule has 1 radical (unpaired) electrons. The second kappa shape index (κ2) is 15.8. The Kier molecular flexibility index (Phi) is 14.1. The summed E-state index contributed by atoms with van der Waals surface area (Å²) in [6, 6.07) is 7.54. The lowest BCUT2D eigenvalue weighted by Crippen LogP contribution is -2.05. The van der Waals surface area contributed by atoms with E-state index in [1.54, 1.807) is 0 Å². The predicted octanol–water partition coefficient (Wildman–Crippen LogP) is 8.46. The van der Waals surface area contributed by atoms with Crippen molar-refractivity contribution in [2.24, 2.45) is 23.7 Å². The van der Waals surface area contributed by atoms with E-state index in [-0.39, 0.29) is 6.61 Å². The number of rotatable bonds is 17. The molecule has 0 aromatic heterocycles. The highest BCUT2D eigenvalue weighted by molar-refractivity contribution is 5.26. The molecule has 167 valence electrons. The summed E-state index contributed by atoms with van der Waals surface area (Å²) in [5.74, 6) is 4.20. The highest BCUT2D eigenvalue weighted by Gasteiger charge is 2.08. The van der Waals surface area contributed by atoms with Crippen LogP contribution in [0.1, 0.15) is 104 Å². The Balaban J connectivity index is 2.01. The fourth-order valence-electron chi connectivity index (χ4n) is 4.00. The molecule has 0 heterocycles. The first-order chi connectivity index (χ1) is 13.9. The Morgan fingerprint density at radius 3 is 1.55 bits per heavy atom. The van der Waals surface area contributed by atoms with Gasteiger partial charge in [0.2, 0.25) is 0 Å². The lowest BCUT2D eigenvalue weighted by Gasteiger charge is -2.16. The smallest absolute Gasteiger partial charge is 0.119 e. The van der Waals surface area contributed by atoms with Crippen LogP contribution in [0.3, 0.4) is 0 Å². The van der Waals surface area contributed by atoms with Crippen LogP contribution < -0.4 is 4.74 Å². The van der Waals surface area contributed by atoms with Crippen molar-refractivity contribution >= 4 is 0 Å². The van der Waals surface area contributed by atoms with E-state index in [0.717, 1.165) is 42.1 Å². The molecular formula is C27H47O2. The van der Waals surface area contributed by atoms with Gasteiger partial charge in [0.25, 0.3) is 0 Å². The molecule has 2 nitrogen and oxygen atoms in total. The maximum atomic E-state index is 10.8. The van der Waals surface area contributed by atoms with Crippen LogP contribution >= 0.6 is 0 Å². The Morgan fingerprint density at radius 1 is 0.655 bits per heavy atom. The van der Waals surface area contributed by atoms with E-state index in [2.05, 4.69) is 34.6 Å². The van der Waals surface area contributed by atoms with Crippen LogP contribution in [-0.2, 0) is 11.7 Å². The van der Waals surface area contributed by atoms with E-state index in [4.69, 9.17) is 4.74 Å². The van der Waals surface area contributed by atoms with Gasteiger partial charge in [0.1, 0.15) is 12.4 Å². The first kappa shape index (κ1) is 26.0. The van der Waals surface area contributed by atoms with Gasteiger partial charge < -0.3 is 4.74 Å². The molecule has 0 aliphatic rings. The Bertz CT molecular complexity index is 494. The van der Waals surface area contributed by atoms with Gasteiger partial charge in [-0.05, 0) is 47.8 Å². The first-order valence-corrected chi connectivity index (χ1v) is 12.2. The van der Waals surface area contributed by atoms with Gasteiger partial charge in [-0.2, -0.15) is 0 Å². The minimum Gasteiger partial charge on any atom is -0.494 e. The summed E-state index contributed by atoms with van der Waals surface area (Å²) in [6.45, 7) is 12.5. The summed E-state index contributed by atoms with van der Waals surface area (Å²) in [7, 11) is 0. The zero-order chi connectivity index (χ0) is 21.5. The average molecular weight is 404 g/mol. The maximum Gasteiger partial charge on any atom is 0.119 e.